The molecule has 0 aromatic heterocycles. The van der Waals surface area contributed by atoms with E-state index in [2.05, 4.69) is 10.3 Å². The fourth-order valence-corrected chi connectivity index (χ4v) is 4.78. The highest BCUT2D eigenvalue weighted by molar-refractivity contribution is 8.15. The van der Waals surface area contributed by atoms with E-state index in [4.69, 9.17) is 23.2 Å². The molecule has 5 nitrogen and oxygen atoms in total. The molecule has 0 spiro atoms. The summed E-state index contributed by atoms with van der Waals surface area (Å²) < 4.78 is 0. The van der Waals surface area contributed by atoms with Crippen molar-refractivity contribution in [3.63, 3.8) is 0 Å². The van der Waals surface area contributed by atoms with Gasteiger partial charge in [0.15, 0.2) is 5.17 Å². The number of carbonyl (C=O) groups is 2. The van der Waals surface area contributed by atoms with Gasteiger partial charge in [0.05, 0.1) is 12.2 Å². The van der Waals surface area contributed by atoms with Gasteiger partial charge in [-0.25, -0.2) is 4.99 Å². The lowest BCUT2D eigenvalue weighted by molar-refractivity contribution is -0.129. The predicted octanol–water partition coefficient (Wildman–Crippen LogP) is 6.46. The maximum atomic E-state index is 13.1. The average molecular weight is 498 g/mol. The SMILES string of the molecule is Cc1ccc(NC(=O)C2CC(=O)N(Cc3ccccc3)C(=Nc3cccc(Cl)c3)S2)cc1Cl. The minimum Gasteiger partial charge on any atom is -0.325 e. The maximum absolute atomic E-state index is 13.1. The predicted molar refractivity (Wildman–Crippen MR) is 136 cm³/mol. The average Bonchev–Trinajstić information content (AvgIpc) is 2.79. The van der Waals surface area contributed by atoms with Crippen LogP contribution in [0.1, 0.15) is 17.5 Å². The number of carbonyl (C=O) groups excluding carboxylic acids is 2. The maximum Gasteiger partial charge on any atom is 0.238 e. The van der Waals surface area contributed by atoms with E-state index in [0.717, 1.165) is 11.1 Å². The molecule has 8 heteroatoms. The summed E-state index contributed by atoms with van der Waals surface area (Å²) in [4.78, 5) is 32.4. The third-order valence-electron chi connectivity index (χ3n) is 5.09. The molecule has 1 saturated heterocycles. The molecule has 0 saturated carbocycles. The highest BCUT2D eigenvalue weighted by Crippen LogP contribution is 2.32. The molecule has 0 aliphatic carbocycles. The van der Waals surface area contributed by atoms with E-state index in [-0.39, 0.29) is 18.2 Å². The highest BCUT2D eigenvalue weighted by Gasteiger charge is 2.36. The van der Waals surface area contributed by atoms with Gasteiger partial charge in [-0.3, -0.25) is 14.5 Å². The number of aryl methyl sites for hydroxylation is 1. The number of nitrogens with one attached hydrogen (secondary N) is 1. The summed E-state index contributed by atoms with van der Waals surface area (Å²) in [6, 6.07) is 22.1. The molecular formula is C25H21Cl2N3O2S. The molecule has 1 aliphatic rings. The molecule has 1 fully saturated rings. The molecule has 0 radical (unpaired) electrons. The van der Waals surface area contributed by atoms with Crippen LogP contribution in [0.25, 0.3) is 0 Å². The molecule has 4 rings (SSSR count). The van der Waals surface area contributed by atoms with Gasteiger partial charge in [0.25, 0.3) is 0 Å². The monoisotopic (exact) mass is 497 g/mol. The summed E-state index contributed by atoms with van der Waals surface area (Å²) in [6.45, 7) is 2.26. The minimum absolute atomic E-state index is 0.0670. The molecule has 168 valence electrons. The van der Waals surface area contributed by atoms with Crippen molar-refractivity contribution >= 4 is 63.3 Å². The second kappa shape index (κ2) is 10.4. The first kappa shape index (κ1) is 23.4. The summed E-state index contributed by atoms with van der Waals surface area (Å²) in [7, 11) is 0. The molecule has 1 N–H and O–H groups in total. The number of anilines is 1. The largest absolute Gasteiger partial charge is 0.325 e. The smallest absolute Gasteiger partial charge is 0.238 e. The van der Waals surface area contributed by atoms with Crippen LogP contribution in [0.3, 0.4) is 0 Å². The van der Waals surface area contributed by atoms with Crippen molar-refractivity contribution in [2.24, 2.45) is 4.99 Å². The topological polar surface area (TPSA) is 61.8 Å². The Morgan fingerprint density at radius 1 is 1.09 bits per heavy atom. The molecule has 0 bridgehead atoms. The fraction of sp³-hybridized carbons (Fsp3) is 0.160. The molecule has 1 heterocycles. The number of benzene rings is 3. The zero-order valence-electron chi connectivity index (χ0n) is 17.8. The van der Waals surface area contributed by atoms with E-state index in [1.165, 1.54) is 11.8 Å². The van der Waals surface area contributed by atoms with Gasteiger partial charge in [0.2, 0.25) is 11.8 Å². The summed E-state index contributed by atoms with van der Waals surface area (Å²) in [6.07, 6.45) is 0.0670. The first-order valence-electron chi connectivity index (χ1n) is 10.3. The standard InChI is InChI=1S/C25H21Cl2N3O2S/c1-16-10-11-20(13-21(16)27)28-24(32)22-14-23(31)30(15-17-6-3-2-4-7-17)25(33-22)29-19-9-5-8-18(26)12-19/h2-13,22H,14-15H2,1H3,(H,28,32). The quantitative estimate of drug-likeness (QED) is 0.439. The van der Waals surface area contributed by atoms with E-state index in [1.807, 2.05) is 49.4 Å². The van der Waals surface area contributed by atoms with Crippen molar-refractivity contribution in [3.8, 4) is 0 Å². The molecule has 3 aromatic carbocycles. The van der Waals surface area contributed by atoms with Gasteiger partial charge < -0.3 is 5.32 Å². The van der Waals surface area contributed by atoms with Crippen molar-refractivity contribution in [3.05, 3.63) is 94.0 Å². The van der Waals surface area contributed by atoms with Crippen LogP contribution in [-0.4, -0.2) is 27.1 Å². The fourth-order valence-electron chi connectivity index (χ4n) is 3.31. The van der Waals surface area contributed by atoms with Gasteiger partial charge in [0.1, 0.15) is 5.25 Å². The molecule has 2 amide bonds. The van der Waals surface area contributed by atoms with Gasteiger partial charge in [-0.2, -0.15) is 0 Å². The number of rotatable bonds is 5. The van der Waals surface area contributed by atoms with Crippen LogP contribution >= 0.6 is 35.0 Å². The van der Waals surface area contributed by atoms with Crippen molar-refractivity contribution in [1.82, 2.24) is 4.90 Å². The number of aliphatic imine (C=N–C) groups is 1. The molecule has 33 heavy (non-hydrogen) atoms. The third-order valence-corrected chi connectivity index (χ3v) is 6.92. The summed E-state index contributed by atoms with van der Waals surface area (Å²) >= 11 is 13.6. The first-order valence-corrected chi connectivity index (χ1v) is 11.9. The number of thioether (sulfide) groups is 1. The zero-order chi connectivity index (χ0) is 23.4. The number of hydrogen-bond donors (Lipinski definition) is 1. The van der Waals surface area contributed by atoms with Crippen molar-refractivity contribution in [2.75, 3.05) is 5.32 Å². The van der Waals surface area contributed by atoms with Crippen LogP contribution in [-0.2, 0) is 16.1 Å². The molecule has 1 aliphatic heterocycles. The lowest BCUT2D eigenvalue weighted by Gasteiger charge is -2.32. The van der Waals surface area contributed by atoms with Crippen LogP contribution < -0.4 is 5.32 Å². The lowest BCUT2D eigenvalue weighted by atomic mass is 10.2. The molecule has 1 unspecified atom stereocenters. The summed E-state index contributed by atoms with van der Waals surface area (Å²) in [5.74, 6) is -0.438. The van der Waals surface area contributed by atoms with Gasteiger partial charge in [-0.1, -0.05) is 77.4 Å². The zero-order valence-corrected chi connectivity index (χ0v) is 20.1. The van der Waals surface area contributed by atoms with Crippen molar-refractivity contribution in [2.45, 2.75) is 25.1 Å². The Balaban J connectivity index is 1.60. The van der Waals surface area contributed by atoms with Crippen molar-refractivity contribution in [1.29, 1.82) is 0 Å². The Labute approximate surface area is 206 Å². The number of amides is 2. The van der Waals surface area contributed by atoms with Gasteiger partial charge in [-0.05, 0) is 48.4 Å². The van der Waals surface area contributed by atoms with E-state index in [9.17, 15) is 9.59 Å². The normalized spacial score (nSPS) is 17.3. The summed E-state index contributed by atoms with van der Waals surface area (Å²) in [5.41, 5.74) is 3.10. The molecule has 1 atom stereocenters. The number of hydrogen-bond acceptors (Lipinski definition) is 4. The number of halogens is 2. The van der Waals surface area contributed by atoms with E-state index in [0.29, 0.717) is 33.1 Å². The van der Waals surface area contributed by atoms with E-state index < -0.39 is 5.25 Å². The second-order valence-corrected chi connectivity index (χ2v) is 9.62. The van der Waals surface area contributed by atoms with Gasteiger partial charge in [-0.15, -0.1) is 0 Å². The highest BCUT2D eigenvalue weighted by atomic mass is 35.5. The number of nitrogens with zero attached hydrogens (tertiary/aromatic N) is 2. The Morgan fingerprint density at radius 2 is 1.88 bits per heavy atom. The van der Waals surface area contributed by atoms with Crippen LogP contribution in [0.2, 0.25) is 10.0 Å². The van der Waals surface area contributed by atoms with Gasteiger partial charge in [0, 0.05) is 22.2 Å². The summed E-state index contributed by atoms with van der Waals surface area (Å²) in [5, 5.41) is 3.81. The number of amidine groups is 1. The van der Waals surface area contributed by atoms with E-state index in [1.54, 1.807) is 35.2 Å². The minimum atomic E-state index is -0.623. The van der Waals surface area contributed by atoms with Gasteiger partial charge >= 0.3 is 0 Å². The van der Waals surface area contributed by atoms with Crippen LogP contribution in [0.15, 0.2) is 77.8 Å². The second-order valence-electron chi connectivity index (χ2n) is 7.60. The molecule has 3 aromatic rings. The van der Waals surface area contributed by atoms with Crippen LogP contribution in [0.5, 0.6) is 0 Å². The Hall–Kier alpha value is -2.80. The molecular weight excluding hydrogens is 477 g/mol. The third kappa shape index (κ3) is 5.96. The van der Waals surface area contributed by atoms with Crippen LogP contribution in [0, 0.1) is 6.92 Å². The first-order chi connectivity index (χ1) is 15.9. The Bertz CT molecular complexity index is 1220. The Morgan fingerprint density at radius 3 is 2.61 bits per heavy atom. The van der Waals surface area contributed by atoms with Crippen molar-refractivity contribution < 1.29 is 9.59 Å². The van der Waals surface area contributed by atoms with E-state index >= 15 is 0 Å². The van der Waals surface area contributed by atoms with Crippen LogP contribution in [0.4, 0.5) is 11.4 Å². The lowest BCUT2D eigenvalue weighted by Crippen LogP contribution is -2.44. The Kier molecular flexibility index (Phi) is 7.38.